The lowest BCUT2D eigenvalue weighted by atomic mass is 10.2. The predicted molar refractivity (Wildman–Crippen MR) is 154 cm³/mol. The summed E-state index contributed by atoms with van der Waals surface area (Å²) in [6.45, 7) is 5.99. The van der Waals surface area contributed by atoms with Gasteiger partial charge in [-0.05, 0) is 80.4 Å². The van der Waals surface area contributed by atoms with Crippen LogP contribution in [0.3, 0.4) is 0 Å². The van der Waals surface area contributed by atoms with E-state index in [4.69, 9.17) is 4.74 Å². The molecule has 1 aliphatic heterocycles. The molecule has 0 bridgehead atoms. The summed E-state index contributed by atoms with van der Waals surface area (Å²) in [5.74, 6) is -0.236. The molecule has 8 nitrogen and oxygen atoms in total. The molecule has 40 heavy (non-hydrogen) atoms. The lowest BCUT2D eigenvalue weighted by Gasteiger charge is -2.12. The molecule has 2 heterocycles. The highest BCUT2D eigenvalue weighted by Crippen LogP contribution is 2.25. The number of rotatable bonds is 8. The number of aryl methyl sites for hydroxylation is 2. The monoisotopic (exact) mass is 534 g/mol. The zero-order valence-corrected chi connectivity index (χ0v) is 22.6. The summed E-state index contributed by atoms with van der Waals surface area (Å²) in [4.78, 5) is 38.9. The number of ether oxygens (including phenoxy) is 1. The van der Waals surface area contributed by atoms with Gasteiger partial charge in [0.05, 0.1) is 0 Å². The lowest BCUT2D eigenvalue weighted by molar-refractivity contribution is -0.127. The number of nitrogens with zero attached hydrogens (tertiary/aromatic N) is 2. The maximum Gasteiger partial charge on any atom is 0.329 e. The van der Waals surface area contributed by atoms with E-state index in [-0.39, 0.29) is 12.2 Å². The summed E-state index contributed by atoms with van der Waals surface area (Å²) in [6, 6.07) is 26.4. The molecule has 1 aliphatic rings. The van der Waals surface area contributed by atoms with Gasteiger partial charge in [0.2, 0.25) is 5.91 Å². The zero-order valence-electron chi connectivity index (χ0n) is 22.6. The Kier molecular flexibility index (Phi) is 7.50. The third-order valence-corrected chi connectivity index (χ3v) is 6.71. The molecule has 0 unspecified atom stereocenters. The average molecular weight is 535 g/mol. The second-order valence-electron chi connectivity index (χ2n) is 9.72. The highest BCUT2D eigenvalue weighted by Gasteiger charge is 2.35. The number of carbonyl (C=O) groups is 3. The molecule has 0 spiro atoms. The van der Waals surface area contributed by atoms with Gasteiger partial charge in [-0.2, -0.15) is 0 Å². The van der Waals surface area contributed by atoms with Crippen molar-refractivity contribution >= 4 is 29.6 Å². The molecular weight excluding hydrogens is 504 g/mol. The van der Waals surface area contributed by atoms with Gasteiger partial charge in [-0.3, -0.25) is 9.59 Å². The average Bonchev–Trinajstić information content (AvgIpc) is 3.38. The van der Waals surface area contributed by atoms with Crippen LogP contribution in [0.15, 0.2) is 90.6 Å². The van der Waals surface area contributed by atoms with E-state index in [2.05, 4.69) is 15.2 Å². The van der Waals surface area contributed by atoms with Crippen molar-refractivity contribution in [3.05, 3.63) is 119 Å². The van der Waals surface area contributed by atoms with E-state index >= 15 is 0 Å². The summed E-state index contributed by atoms with van der Waals surface area (Å²) in [5.41, 5.74) is 6.49. The molecule has 3 aromatic carbocycles. The molecular formula is C32H30N4O4. The first kappa shape index (κ1) is 26.5. The van der Waals surface area contributed by atoms with Crippen LogP contribution in [0.1, 0.15) is 28.1 Å². The fourth-order valence-electron chi connectivity index (χ4n) is 4.62. The third-order valence-electron chi connectivity index (χ3n) is 6.71. The van der Waals surface area contributed by atoms with E-state index in [0.717, 1.165) is 44.4 Å². The Hall–Kier alpha value is -5.11. The van der Waals surface area contributed by atoms with Crippen LogP contribution in [0.2, 0.25) is 0 Å². The number of aromatic nitrogens is 1. The third kappa shape index (κ3) is 5.81. The smallest absolute Gasteiger partial charge is 0.329 e. The number of urea groups is 1. The number of anilines is 1. The Balaban J connectivity index is 1.27. The minimum absolute atomic E-state index is 0.123. The van der Waals surface area contributed by atoms with E-state index in [9.17, 15) is 14.4 Å². The van der Waals surface area contributed by atoms with Crippen molar-refractivity contribution in [2.45, 2.75) is 27.4 Å². The number of benzene rings is 3. The Bertz CT molecular complexity index is 1590. The Morgan fingerprint density at radius 2 is 1.62 bits per heavy atom. The minimum Gasteiger partial charge on any atom is -0.489 e. The van der Waals surface area contributed by atoms with Gasteiger partial charge in [-0.1, -0.05) is 48.0 Å². The van der Waals surface area contributed by atoms with Crippen molar-refractivity contribution in [3.8, 4) is 11.4 Å². The van der Waals surface area contributed by atoms with Gasteiger partial charge in [-0.25, -0.2) is 9.69 Å². The van der Waals surface area contributed by atoms with Crippen LogP contribution in [0.25, 0.3) is 11.8 Å². The lowest BCUT2D eigenvalue weighted by Crippen LogP contribution is -2.38. The molecule has 1 saturated heterocycles. The van der Waals surface area contributed by atoms with Crippen LogP contribution < -0.4 is 15.4 Å². The second-order valence-corrected chi connectivity index (χ2v) is 9.72. The number of nitrogens with one attached hydrogen (secondary N) is 2. The summed E-state index contributed by atoms with van der Waals surface area (Å²) in [6.07, 6.45) is 1.65. The van der Waals surface area contributed by atoms with Gasteiger partial charge in [0.1, 0.15) is 24.6 Å². The van der Waals surface area contributed by atoms with E-state index in [1.54, 1.807) is 18.2 Å². The first-order valence-corrected chi connectivity index (χ1v) is 13.0. The molecule has 5 rings (SSSR count). The van der Waals surface area contributed by atoms with Crippen LogP contribution in [-0.4, -0.2) is 33.9 Å². The fraction of sp³-hybridized carbons (Fsp3) is 0.156. The van der Waals surface area contributed by atoms with E-state index in [1.807, 2.05) is 93.6 Å². The van der Waals surface area contributed by atoms with E-state index in [1.165, 1.54) is 0 Å². The van der Waals surface area contributed by atoms with Gasteiger partial charge < -0.3 is 19.9 Å². The number of hydrogen-bond donors (Lipinski definition) is 2. The molecule has 4 amide bonds. The predicted octanol–water partition coefficient (Wildman–Crippen LogP) is 5.51. The van der Waals surface area contributed by atoms with Gasteiger partial charge in [0.25, 0.3) is 5.91 Å². The number of hydrogen-bond acceptors (Lipinski definition) is 4. The van der Waals surface area contributed by atoms with Crippen molar-refractivity contribution in [1.82, 2.24) is 14.8 Å². The highest BCUT2D eigenvalue weighted by atomic mass is 16.5. The van der Waals surface area contributed by atoms with E-state index < -0.39 is 17.8 Å². The second kappa shape index (κ2) is 11.3. The van der Waals surface area contributed by atoms with Gasteiger partial charge in [0.15, 0.2) is 0 Å². The molecule has 0 atom stereocenters. The van der Waals surface area contributed by atoms with Crippen LogP contribution in [-0.2, 0) is 16.2 Å². The molecule has 2 N–H and O–H groups in total. The Morgan fingerprint density at radius 3 is 2.33 bits per heavy atom. The molecule has 0 saturated carbocycles. The number of carbonyl (C=O) groups excluding carboxylic acids is 3. The van der Waals surface area contributed by atoms with Crippen LogP contribution in [0, 0.1) is 20.8 Å². The maximum absolute atomic E-state index is 13.0. The van der Waals surface area contributed by atoms with Crippen molar-refractivity contribution < 1.29 is 19.1 Å². The van der Waals surface area contributed by atoms with E-state index in [0.29, 0.717) is 12.3 Å². The molecule has 202 valence electrons. The van der Waals surface area contributed by atoms with Crippen molar-refractivity contribution in [3.63, 3.8) is 0 Å². The molecule has 8 heteroatoms. The van der Waals surface area contributed by atoms with Crippen molar-refractivity contribution in [1.29, 1.82) is 0 Å². The van der Waals surface area contributed by atoms with Crippen molar-refractivity contribution in [2.75, 3.05) is 11.9 Å². The summed E-state index contributed by atoms with van der Waals surface area (Å²) in [5, 5.41) is 5.32. The molecule has 4 aromatic rings. The van der Waals surface area contributed by atoms with Crippen molar-refractivity contribution in [2.24, 2.45) is 0 Å². The Morgan fingerprint density at radius 1 is 0.925 bits per heavy atom. The number of amides is 4. The molecule has 0 radical (unpaired) electrons. The first-order valence-electron chi connectivity index (χ1n) is 13.0. The quantitative estimate of drug-likeness (QED) is 0.230. The molecule has 0 aliphatic carbocycles. The minimum atomic E-state index is -0.629. The van der Waals surface area contributed by atoms with Gasteiger partial charge in [0, 0.05) is 22.8 Å². The normalized spacial score (nSPS) is 14.0. The summed E-state index contributed by atoms with van der Waals surface area (Å²) in [7, 11) is 0. The fourth-order valence-corrected chi connectivity index (χ4v) is 4.62. The summed E-state index contributed by atoms with van der Waals surface area (Å²) < 4.78 is 7.98. The van der Waals surface area contributed by atoms with Crippen LogP contribution in [0.5, 0.6) is 5.75 Å². The standard InChI is InChI=1S/C32H30N4O4/c1-21-9-11-26(12-10-21)33-30(37)19-35-31(38)29(34-32(35)39)18-25-17-22(2)36(23(25)3)27-13-15-28(16-14-27)40-20-24-7-5-4-6-8-24/h4-18H,19-20H2,1-3H3,(H,33,37)(H,34,39)/b29-18+. The molecule has 1 aromatic heterocycles. The molecule has 1 fully saturated rings. The summed E-state index contributed by atoms with van der Waals surface area (Å²) >= 11 is 0. The first-order chi connectivity index (χ1) is 19.3. The number of imide groups is 1. The maximum atomic E-state index is 13.0. The largest absolute Gasteiger partial charge is 0.489 e. The highest BCUT2D eigenvalue weighted by molar-refractivity contribution is 6.16. The van der Waals surface area contributed by atoms with Gasteiger partial charge in [-0.15, -0.1) is 0 Å². The Labute approximate surface area is 232 Å². The topological polar surface area (TPSA) is 92.7 Å². The van der Waals surface area contributed by atoms with Crippen LogP contribution >= 0.6 is 0 Å². The zero-order chi connectivity index (χ0) is 28.2. The van der Waals surface area contributed by atoms with Crippen LogP contribution in [0.4, 0.5) is 10.5 Å². The SMILES string of the molecule is Cc1ccc(NC(=O)CN2C(=O)N/C(=C/c3cc(C)n(-c4ccc(OCc5ccccc5)cc4)c3C)C2=O)cc1. The van der Waals surface area contributed by atoms with Gasteiger partial charge >= 0.3 is 6.03 Å².